The van der Waals surface area contributed by atoms with Gasteiger partial charge in [0.25, 0.3) is 0 Å². The van der Waals surface area contributed by atoms with Crippen LogP contribution in [-0.2, 0) is 0 Å². The van der Waals surface area contributed by atoms with E-state index in [0.717, 1.165) is 24.8 Å². The molecule has 0 unspecified atom stereocenters. The van der Waals surface area contributed by atoms with Crippen LogP contribution >= 0.6 is 15.9 Å². The minimum Gasteiger partial charge on any atom is -0.446 e. The van der Waals surface area contributed by atoms with Gasteiger partial charge in [-0.3, -0.25) is 4.79 Å². The zero-order valence-electron chi connectivity index (χ0n) is 7.05. The molecule has 2 rings (SSSR count). The Morgan fingerprint density at radius 1 is 1.46 bits per heavy atom. The molecule has 0 radical (unpaired) electrons. The summed E-state index contributed by atoms with van der Waals surface area (Å²) in [4.78, 5) is 11.7. The van der Waals surface area contributed by atoms with Crippen LogP contribution in [0.2, 0.25) is 0 Å². The number of hydrogen-bond acceptors (Lipinski definition) is 2. The monoisotopic (exact) mass is 240 g/mol. The maximum Gasteiger partial charge on any atom is 0.223 e. The van der Waals surface area contributed by atoms with Gasteiger partial charge in [0.1, 0.15) is 0 Å². The molecule has 1 aromatic rings. The van der Waals surface area contributed by atoms with Crippen molar-refractivity contribution >= 4 is 21.7 Å². The number of furan rings is 1. The smallest absolute Gasteiger partial charge is 0.223 e. The number of hydrogen-bond donors (Lipinski definition) is 0. The van der Waals surface area contributed by atoms with Gasteiger partial charge in [-0.2, -0.15) is 0 Å². The van der Waals surface area contributed by atoms with Crippen molar-refractivity contribution in [2.75, 3.05) is 0 Å². The van der Waals surface area contributed by atoms with Gasteiger partial charge in [0.2, 0.25) is 5.78 Å². The fourth-order valence-electron chi connectivity index (χ4n) is 1.47. The van der Waals surface area contributed by atoms with Gasteiger partial charge in [-0.25, -0.2) is 0 Å². The van der Waals surface area contributed by atoms with Crippen molar-refractivity contribution in [3.63, 3.8) is 0 Å². The van der Waals surface area contributed by atoms with Crippen LogP contribution in [0.5, 0.6) is 0 Å². The van der Waals surface area contributed by atoms with E-state index in [4.69, 9.17) is 4.42 Å². The number of carbonyl (C=O) groups is 1. The lowest BCUT2D eigenvalue weighted by molar-refractivity contribution is 0.100. The lowest BCUT2D eigenvalue weighted by Crippen LogP contribution is -1.99. The van der Waals surface area contributed by atoms with Crippen LogP contribution < -0.4 is 0 Å². The summed E-state index contributed by atoms with van der Waals surface area (Å²) in [5.74, 6) is 0.461. The molecule has 0 saturated heterocycles. The van der Waals surface area contributed by atoms with E-state index in [-0.39, 0.29) is 5.78 Å². The van der Waals surface area contributed by atoms with Crippen molar-refractivity contribution in [2.24, 2.45) is 0 Å². The first-order valence-corrected chi connectivity index (χ1v) is 5.06. The van der Waals surface area contributed by atoms with Crippen molar-refractivity contribution < 1.29 is 9.21 Å². The highest BCUT2D eigenvalue weighted by Crippen LogP contribution is 2.23. The van der Waals surface area contributed by atoms with E-state index in [2.05, 4.69) is 15.9 Å². The molecule has 3 heteroatoms. The molecule has 0 spiro atoms. The van der Waals surface area contributed by atoms with Crippen LogP contribution in [0.1, 0.15) is 29.8 Å². The molecule has 1 aliphatic carbocycles. The van der Waals surface area contributed by atoms with Crippen molar-refractivity contribution in [1.29, 1.82) is 0 Å². The number of rotatable bonds is 2. The summed E-state index contributed by atoms with van der Waals surface area (Å²) < 4.78 is 5.79. The minimum absolute atomic E-state index is 0.0307. The van der Waals surface area contributed by atoms with Crippen LogP contribution in [-0.4, -0.2) is 5.78 Å². The number of carbonyl (C=O) groups excluding carboxylic acids is 1. The molecule has 1 heterocycles. The van der Waals surface area contributed by atoms with Crippen molar-refractivity contribution in [3.05, 3.63) is 34.2 Å². The van der Waals surface area contributed by atoms with Crippen molar-refractivity contribution in [1.82, 2.24) is 0 Å². The zero-order chi connectivity index (χ0) is 9.26. The van der Waals surface area contributed by atoms with Gasteiger partial charge in [0.15, 0.2) is 10.4 Å². The van der Waals surface area contributed by atoms with E-state index in [9.17, 15) is 4.79 Å². The molecule has 2 nitrogen and oxygen atoms in total. The second-order valence-electron chi connectivity index (χ2n) is 3.05. The summed E-state index contributed by atoms with van der Waals surface area (Å²) >= 11 is 3.17. The van der Waals surface area contributed by atoms with Gasteiger partial charge >= 0.3 is 0 Å². The topological polar surface area (TPSA) is 30.2 Å². The summed E-state index contributed by atoms with van der Waals surface area (Å²) in [6.07, 6.45) is 4.99. The Balaban J connectivity index is 2.22. The van der Waals surface area contributed by atoms with E-state index in [1.807, 2.05) is 6.08 Å². The van der Waals surface area contributed by atoms with Crippen LogP contribution in [0.3, 0.4) is 0 Å². The Bertz CT molecular complexity index is 363. The molecule has 0 saturated carbocycles. The maximum absolute atomic E-state index is 11.7. The van der Waals surface area contributed by atoms with Gasteiger partial charge in [-0.15, -0.1) is 0 Å². The second-order valence-corrected chi connectivity index (χ2v) is 3.84. The Morgan fingerprint density at radius 2 is 2.31 bits per heavy atom. The molecule has 0 atom stereocenters. The fourth-order valence-corrected chi connectivity index (χ4v) is 1.78. The van der Waals surface area contributed by atoms with Crippen molar-refractivity contribution in [3.8, 4) is 0 Å². The predicted molar refractivity (Wildman–Crippen MR) is 52.7 cm³/mol. The first-order valence-electron chi connectivity index (χ1n) is 4.26. The molecule has 13 heavy (non-hydrogen) atoms. The van der Waals surface area contributed by atoms with E-state index in [1.54, 1.807) is 12.1 Å². The third-order valence-corrected chi connectivity index (χ3v) is 2.56. The lowest BCUT2D eigenvalue weighted by Gasteiger charge is -1.95. The molecule has 68 valence electrons. The van der Waals surface area contributed by atoms with Gasteiger partial charge < -0.3 is 4.42 Å². The molecule has 1 aliphatic rings. The second kappa shape index (κ2) is 3.50. The molecule has 1 aromatic heterocycles. The molecule has 0 aliphatic heterocycles. The molecule has 0 fully saturated rings. The summed E-state index contributed by atoms with van der Waals surface area (Å²) in [7, 11) is 0. The van der Waals surface area contributed by atoms with Crippen LogP contribution in [0.25, 0.3) is 0 Å². The first kappa shape index (κ1) is 8.75. The highest BCUT2D eigenvalue weighted by atomic mass is 79.9. The lowest BCUT2D eigenvalue weighted by atomic mass is 10.1. The first-order chi connectivity index (χ1) is 6.27. The van der Waals surface area contributed by atoms with E-state index >= 15 is 0 Å². The van der Waals surface area contributed by atoms with Gasteiger partial charge in [-0.1, -0.05) is 6.08 Å². The summed E-state index contributed by atoms with van der Waals surface area (Å²) in [6.45, 7) is 0. The number of allylic oxidation sites excluding steroid dienone is 2. The Labute approximate surface area is 84.7 Å². The van der Waals surface area contributed by atoms with Gasteiger partial charge in [-0.05, 0) is 52.9 Å². The summed E-state index contributed by atoms with van der Waals surface area (Å²) in [6, 6.07) is 3.44. The van der Waals surface area contributed by atoms with E-state index in [0.29, 0.717) is 10.4 Å². The quantitative estimate of drug-likeness (QED) is 0.743. The molecule has 0 N–H and O–H groups in total. The Kier molecular flexibility index (Phi) is 2.36. The third kappa shape index (κ3) is 1.75. The van der Waals surface area contributed by atoms with Crippen LogP contribution in [0.15, 0.2) is 32.9 Å². The molecule has 0 aromatic carbocycles. The highest BCUT2D eigenvalue weighted by Gasteiger charge is 2.17. The van der Waals surface area contributed by atoms with Crippen LogP contribution in [0, 0.1) is 0 Å². The van der Waals surface area contributed by atoms with E-state index < -0.39 is 0 Å². The number of ketones is 1. The summed E-state index contributed by atoms with van der Waals surface area (Å²) in [5.41, 5.74) is 0.891. The molecular formula is C10H9BrO2. The average Bonchev–Trinajstić information content (AvgIpc) is 2.72. The minimum atomic E-state index is 0.0307. The van der Waals surface area contributed by atoms with Gasteiger partial charge in [0.05, 0.1) is 0 Å². The van der Waals surface area contributed by atoms with Crippen molar-refractivity contribution in [2.45, 2.75) is 19.3 Å². The highest BCUT2D eigenvalue weighted by molar-refractivity contribution is 9.10. The maximum atomic E-state index is 11.7. The van der Waals surface area contributed by atoms with Gasteiger partial charge in [0, 0.05) is 0 Å². The third-order valence-electron chi connectivity index (χ3n) is 2.13. The molecule has 0 bridgehead atoms. The number of Topliss-reactive ketones (excluding diaryl/α,β-unsaturated/α-hetero) is 1. The van der Waals surface area contributed by atoms with Crippen LogP contribution in [0.4, 0.5) is 0 Å². The SMILES string of the molecule is O=C(C1=CCCC1)c1ccc(Br)o1. The normalized spacial score (nSPS) is 15.9. The number of halogens is 1. The standard InChI is InChI=1S/C10H9BrO2/c11-9-6-5-8(13-9)10(12)7-3-1-2-4-7/h3,5-6H,1-2,4H2. The molecule has 0 amide bonds. The fraction of sp³-hybridized carbons (Fsp3) is 0.300. The average molecular weight is 241 g/mol. The zero-order valence-corrected chi connectivity index (χ0v) is 8.63. The predicted octanol–water partition coefficient (Wildman–Crippen LogP) is 3.34. The Morgan fingerprint density at radius 3 is 2.85 bits per heavy atom. The largest absolute Gasteiger partial charge is 0.446 e. The summed E-state index contributed by atoms with van der Waals surface area (Å²) in [5, 5.41) is 0. The molecular weight excluding hydrogens is 232 g/mol. The van der Waals surface area contributed by atoms with E-state index in [1.165, 1.54) is 0 Å². The Hall–Kier alpha value is -0.830.